The minimum absolute atomic E-state index is 0. The molecular formula is C16H16F2N3NaO4S. The van der Waals surface area contributed by atoms with Gasteiger partial charge in [0.25, 0.3) is 0 Å². The van der Waals surface area contributed by atoms with Gasteiger partial charge in [0.05, 0.1) is 25.7 Å². The smallest absolute Gasteiger partial charge is 0.653 e. The number of nitrogens with zero attached hydrogens (tertiary/aromatic N) is 2. The maximum atomic E-state index is 12.7. The van der Waals surface area contributed by atoms with Crippen LogP contribution in [0.3, 0.4) is 0 Å². The summed E-state index contributed by atoms with van der Waals surface area (Å²) in [5, 5.41) is 7.25. The van der Waals surface area contributed by atoms with Gasteiger partial charge in [-0.1, -0.05) is 6.07 Å². The number of fused-ring (bicyclic) bond motifs is 1. The largest absolute Gasteiger partial charge is 1.00 e. The molecule has 11 heteroatoms. The fraction of sp³-hybridized carbons (Fsp3) is 0.312. The molecule has 0 saturated heterocycles. The van der Waals surface area contributed by atoms with E-state index < -0.39 is 22.9 Å². The van der Waals surface area contributed by atoms with E-state index in [1.165, 1.54) is 38.6 Å². The van der Waals surface area contributed by atoms with E-state index in [0.717, 1.165) is 0 Å². The molecule has 1 aliphatic rings. The van der Waals surface area contributed by atoms with Crippen LogP contribution < -0.4 is 49.1 Å². The van der Waals surface area contributed by atoms with Crippen molar-refractivity contribution in [3.05, 3.63) is 41.5 Å². The zero-order valence-corrected chi connectivity index (χ0v) is 17.8. The van der Waals surface area contributed by atoms with Crippen molar-refractivity contribution in [3.8, 4) is 17.2 Å². The Kier molecular flexibility index (Phi) is 7.66. The van der Waals surface area contributed by atoms with E-state index in [-0.39, 0.29) is 41.1 Å². The van der Waals surface area contributed by atoms with Gasteiger partial charge >= 0.3 is 36.2 Å². The first-order valence-electron chi connectivity index (χ1n) is 7.51. The first-order chi connectivity index (χ1) is 12.5. The van der Waals surface area contributed by atoms with Crippen LogP contribution in [0.25, 0.3) is 5.32 Å². The number of ether oxygens (including phenoxy) is 3. The van der Waals surface area contributed by atoms with Crippen molar-refractivity contribution in [1.29, 1.82) is 0 Å². The molecule has 27 heavy (non-hydrogen) atoms. The van der Waals surface area contributed by atoms with Gasteiger partial charge in [-0.15, -0.1) is 5.69 Å². The topological polar surface area (TPSA) is 83.8 Å². The molecule has 0 fully saturated rings. The van der Waals surface area contributed by atoms with Crippen molar-refractivity contribution in [2.45, 2.75) is 17.9 Å². The van der Waals surface area contributed by atoms with Gasteiger partial charge in [0.2, 0.25) is 0 Å². The molecule has 1 aliphatic heterocycles. The Morgan fingerprint density at radius 3 is 2.74 bits per heavy atom. The molecule has 1 aromatic heterocycles. The Morgan fingerprint density at radius 2 is 2.07 bits per heavy atom. The van der Waals surface area contributed by atoms with Crippen molar-refractivity contribution in [2.75, 3.05) is 19.5 Å². The zero-order valence-electron chi connectivity index (χ0n) is 14.9. The molecule has 2 heterocycles. The van der Waals surface area contributed by atoms with E-state index in [1.807, 2.05) is 0 Å². The average Bonchev–Trinajstić information content (AvgIpc) is 3.04. The number of benzene rings is 1. The standard InChI is InChI=1S/C16H16F2N3O4S.Na/c1-23-13-5-6-19-12(14(13)24-2)8-26(22)16-20-10-4-3-9(25-15(17)18)7-11(10)21-16;/h3-7,15-16,21H,8H2,1-2H3;/q-1;+1. The van der Waals surface area contributed by atoms with E-state index in [0.29, 0.717) is 28.6 Å². The summed E-state index contributed by atoms with van der Waals surface area (Å²) in [4.78, 5) is 4.19. The molecule has 2 aromatic rings. The van der Waals surface area contributed by atoms with E-state index in [2.05, 4.69) is 20.4 Å². The van der Waals surface area contributed by atoms with Crippen LogP contribution in [0.1, 0.15) is 5.69 Å². The van der Waals surface area contributed by atoms with Crippen molar-refractivity contribution in [3.63, 3.8) is 0 Å². The quantitative estimate of drug-likeness (QED) is 0.668. The van der Waals surface area contributed by atoms with Crippen molar-refractivity contribution in [2.24, 2.45) is 0 Å². The SMILES string of the molecule is COc1ccnc(CS(=O)C2[N-]c3ccc(OC(F)F)cc3N2)c1OC.[Na+]. The minimum atomic E-state index is -2.91. The molecule has 0 saturated carbocycles. The maximum absolute atomic E-state index is 12.7. The number of alkyl halides is 2. The second-order valence-corrected chi connectivity index (χ2v) is 6.70. The van der Waals surface area contributed by atoms with Gasteiger partial charge in [-0.05, 0) is 6.07 Å². The second kappa shape index (κ2) is 9.54. The molecule has 1 aromatic carbocycles. The third-order valence-corrected chi connectivity index (χ3v) is 4.90. The Labute approximate surface area is 179 Å². The van der Waals surface area contributed by atoms with Crippen molar-refractivity contribution >= 4 is 22.2 Å². The Bertz CT molecular complexity index is 828. The molecule has 0 spiro atoms. The summed E-state index contributed by atoms with van der Waals surface area (Å²) in [5.41, 5.74) is 0.743. The van der Waals surface area contributed by atoms with E-state index in [9.17, 15) is 13.0 Å². The minimum Gasteiger partial charge on any atom is -0.653 e. The van der Waals surface area contributed by atoms with Crippen LogP contribution in [0.4, 0.5) is 20.2 Å². The van der Waals surface area contributed by atoms with Gasteiger partial charge < -0.3 is 24.8 Å². The van der Waals surface area contributed by atoms with Crippen LogP contribution in [0.5, 0.6) is 17.2 Å². The fourth-order valence-corrected chi connectivity index (χ4v) is 3.63. The van der Waals surface area contributed by atoms with Crippen LogP contribution in [-0.4, -0.2) is 35.5 Å². The summed E-state index contributed by atoms with van der Waals surface area (Å²) in [6.07, 6.45) is 1.54. The van der Waals surface area contributed by atoms with Crippen LogP contribution in [0.15, 0.2) is 30.5 Å². The predicted molar refractivity (Wildman–Crippen MR) is 92.7 cm³/mol. The summed E-state index contributed by atoms with van der Waals surface area (Å²) >= 11 is 0. The molecule has 7 nitrogen and oxygen atoms in total. The zero-order chi connectivity index (χ0) is 18.7. The normalized spacial score (nSPS) is 15.8. The molecule has 1 N–H and O–H groups in total. The Balaban J connectivity index is 0.00000261. The number of rotatable bonds is 7. The molecule has 3 rings (SSSR count). The molecule has 0 bridgehead atoms. The number of pyridine rings is 1. The number of anilines is 1. The van der Waals surface area contributed by atoms with Crippen LogP contribution in [0, 0.1) is 0 Å². The molecule has 0 aliphatic carbocycles. The average molecular weight is 407 g/mol. The summed E-state index contributed by atoms with van der Waals surface area (Å²) in [6.45, 7) is -2.91. The van der Waals surface area contributed by atoms with Gasteiger partial charge in [-0.25, -0.2) is 0 Å². The number of hydrogen-bond acceptors (Lipinski definition) is 6. The van der Waals surface area contributed by atoms with E-state index in [4.69, 9.17) is 9.47 Å². The summed E-state index contributed by atoms with van der Waals surface area (Å²) in [5.74, 6) is 0.981. The first-order valence-corrected chi connectivity index (χ1v) is 8.89. The van der Waals surface area contributed by atoms with Gasteiger partial charge in [-0.3, -0.25) is 9.19 Å². The number of methoxy groups -OCH3 is 2. The third-order valence-electron chi connectivity index (χ3n) is 3.62. The monoisotopic (exact) mass is 407 g/mol. The van der Waals surface area contributed by atoms with Gasteiger partial charge in [0.15, 0.2) is 11.5 Å². The van der Waals surface area contributed by atoms with Crippen LogP contribution in [-0.2, 0) is 16.6 Å². The van der Waals surface area contributed by atoms with Gasteiger partial charge in [0, 0.05) is 40.3 Å². The first kappa shape index (κ1) is 21.7. The van der Waals surface area contributed by atoms with Crippen molar-refractivity contribution in [1.82, 2.24) is 4.98 Å². The van der Waals surface area contributed by atoms with Crippen LogP contribution >= 0.6 is 0 Å². The number of nitrogens with one attached hydrogen (secondary N) is 1. The summed E-state index contributed by atoms with van der Waals surface area (Å²) < 4.78 is 52.1. The summed E-state index contributed by atoms with van der Waals surface area (Å²) in [7, 11) is 1.50. The van der Waals surface area contributed by atoms with E-state index >= 15 is 0 Å². The molecular weight excluding hydrogens is 391 g/mol. The maximum Gasteiger partial charge on any atom is 1.00 e. The molecule has 0 amide bonds. The third kappa shape index (κ3) is 5.01. The fourth-order valence-electron chi connectivity index (χ4n) is 2.50. The Morgan fingerprint density at radius 1 is 1.30 bits per heavy atom. The molecule has 0 radical (unpaired) electrons. The molecule has 2 unspecified atom stereocenters. The number of hydrogen-bond donors (Lipinski definition) is 1. The number of halogens is 2. The molecule has 140 valence electrons. The predicted octanol–water partition coefficient (Wildman–Crippen LogP) is 0.367. The van der Waals surface area contributed by atoms with Crippen LogP contribution in [0.2, 0.25) is 0 Å². The van der Waals surface area contributed by atoms with Crippen molar-refractivity contribution < 1.29 is 56.8 Å². The summed E-state index contributed by atoms with van der Waals surface area (Å²) in [6, 6.07) is 5.95. The number of aromatic nitrogens is 1. The van der Waals surface area contributed by atoms with Gasteiger partial charge in [-0.2, -0.15) is 8.78 Å². The Hall–Kier alpha value is -1.62. The van der Waals surface area contributed by atoms with E-state index in [1.54, 1.807) is 6.07 Å². The van der Waals surface area contributed by atoms with Gasteiger partial charge in [0.1, 0.15) is 5.75 Å². The second-order valence-electron chi connectivity index (χ2n) is 5.20. The molecule has 2 atom stereocenters.